The van der Waals surface area contributed by atoms with Crippen molar-refractivity contribution in [1.29, 1.82) is 0 Å². The second-order valence-electron chi connectivity index (χ2n) is 8.00. The first-order chi connectivity index (χ1) is 16.5. The van der Waals surface area contributed by atoms with Crippen LogP contribution < -0.4 is 0 Å². The predicted octanol–water partition coefficient (Wildman–Crippen LogP) is 4.72. The van der Waals surface area contributed by atoms with Crippen LogP contribution in [0.1, 0.15) is 5.69 Å². The van der Waals surface area contributed by atoms with Crippen LogP contribution in [0.5, 0.6) is 0 Å². The Labute approximate surface area is 192 Å². The van der Waals surface area contributed by atoms with Gasteiger partial charge in [0.15, 0.2) is 17.5 Å². The lowest BCUT2D eigenvalue weighted by Gasteiger charge is -2.07. The minimum atomic E-state index is -0.972. The Morgan fingerprint density at radius 2 is 1.76 bits per heavy atom. The van der Waals surface area contributed by atoms with Gasteiger partial charge >= 0.3 is 0 Å². The van der Waals surface area contributed by atoms with Crippen LogP contribution in [0.4, 0.5) is 8.78 Å². The van der Waals surface area contributed by atoms with E-state index in [0.29, 0.717) is 17.9 Å². The summed E-state index contributed by atoms with van der Waals surface area (Å²) in [5, 5.41) is 14.2. The number of aromatic nitrogens is 7. The van der Waals surface area contributed by atoms with Crippen molar-refractivity contribution >= 4 is 10.9 Å². The summed E-state index contributed by atoms with van der Waals surface area (Å²) in [6, 6.07) is 16.0. The first-order valence-corrected chi connectivity index (χ1v) is 10.6. The second kappa shape index (κ2) is 7.80. The van der Waals surface area contributed by atoms with E-state index in [0.717, 1.165) is 33.9 Å². The third kappa shape index (κ3) is 3.47. The van der Waals surface area contributed by atoms with Gasteiger partial charge in [0.25, 0.3) is 0 Å². The Bertz CT molecular complexity index is 1620. The van der Waals surface area contributed by atoms with Crippen LogP contribution in [-0.4, -0.2) is 34.5 Å². The molecule has 7 nitrogen and oxygen atoms in total. The summed E-state index contributed by atoms with van der Waals surface area (Å²) >= 11 is 0. The molecule has 0 saturated carbocycles. The van der Waals surface area contributed by atoms with Gasteiger partial charge in [-0.05, 0) is 42.5 Å². The van der Waals surface area contributed by atoms with Crippen molar-refractivity contribution in [2.75, 3.05) is 0 Å². The molecule has 6 rings (SSSR count). The standard InChI is InChI=1S/C25H17F2N7/c1-33-10-9-16-11-15(5-8-23(16)33)20-7-6-17(31-32-20)13-34-14-22-21(12-28-34)29-25(30-22)18-3-2-4-19(26)24(18)27/h2-12,14H,13H2,1H3. The van der Waals surface area contributed by atoms with Gasteiger partial charge in [-0.15, -0.1) is 0 Å². The van der Waals surface area contributed by atoms with E-state index in [-0.39, 0.29) is 11.4 Å². The number of imidazole rings is 1. The fraction of sp³-hybridized carbons (Fsp3) is 0.0800. The molecule has 0 unspecified atom stereocenters. The first-order valence-electron chi connectivity index (χ1n) is 10.6. The highest BCUT2D eigenvalue weighted by atomic mass is 19.2. The highest BCUT2D eigenvalue weighted by Gasteiger charge is 2.18. The average Bonchev–Trinajstić information content (AvgIpc) is 3.44. The van der Waals surface area contributed by atoms with Crippen LogP contribution >= 0.6 is 0 Å². The van der Waals surface area contributed by atoms with E-state index in [1.807, 2.05) is 31.4 Å². The average molecular weight is 453 g/mol. The summed E-state index contributed by atoms with van der Waals surface area (Å²) in [4.78, 5) is 8.63. The molecule has 2 aliphatic heterocycles. The normalized spacial score (nSPS) is 11.5. The zero-order valence-electron chi connectivity index (χ0n) is 18.0. The minimum absolute atomic E-state index is 0.0119. The van der Waals surface area contributed by atoms with Crippen molar-refractivity contribution in [3.8, 4) is 34.0 Å². The molecule has 166 valence electrons. The molecule has 4 heterocycles. The smallest absolute Gasteiger partial charge is 0.169 e. The monoisotopic (exact) mass is 453 g/mol. The van der Waals surface area contributed by atoms with Crippen molar-refractivity contribution in [2.45, 2.75) is 6.54 Å². The summed E-state index contributed by atoms with van der Waals surface area (Å²) in [5.41, 5.74) is 4.68. The molecule has 2 aromatic heterocycles. The number of rotatable bonds is 4. The van der Waals surface area contributed by atoms with Crippen LogP contribution in [0.25, 0.3) is 44.9 Å². The molecule has 0 radical (unpaired) electrons. The second-order valence-corrected chi connectivity index (χ2v) is 8.00. The summed E-state index contributed by atoms with van der Waals surface area (Å²) in [6.07, 6.45) is 5.26. The van der Waals surface area contributed by atoms with Gasteiger partial charge in [0, 0.05) is 29.7 Å². The van der Waals surface area contributed by atoms with E-state index < -0.39 is 11.6 Å². The van der Waals surface area contributed by atoms with Gasteiger partial charge in [0.05, 0.1) is 35.9 Å². The van der Waals surface area contributed by atoms with Crippen molar-refractivity contribution in [3.05, 3.63) is 90.5 Å². The molecule has 2 aromatic carbocycles. The van der Waals surface area contributed by atoms with Gasteiger partial charge < -0.3 is 4.57 Å². The number of hydrogen-bond donors (Lipinski definition) is 0. The third-order valence-electron chi connectivity index (χ3n) is 5.73. The molecule has 0 aliphatic carbocycles. The molecule has 0 atom stereocenters. The third-order valence-corrected chi connectivity index (χ3v) is 5.73. The number of nitrogens with zero attached hydrogens (tertiary/aromatic N) is 7. The van der Waals surface area contributed by atoms with Gasteiger partial charge in [-0.1, -0.05) is 12.1 Å². The van der Waals surface area contributed by atoms with E-state index in [1.54, 1.807) is 17.1 Å². The summed E-state index contributed by atoms with van der Waals surface area (Å²) in [5.74, 6) is -1.79. The summed E-state index contributed by atoms with van der Waals surface area (Å²) < 4.78 is 31.4. The van der Waals surface area contributed by atoms with Gasteiger partial charge in [0.2, 0.25) is 0 Å². The van der Waals surface area contributed by atoms with E-state index in [4.69, 9.17) is 0 Å². The molecule has 0 saturated heterocycles. The molecule has 34 heavy (non-hydrogen) atoms. The Kier molecular flexibility index (Phi) is 4.61. The molecule has 0 bridgehead atoms. The fourth-order valence-corrected chi connectivity index (χ4v) is 3.95. The van der Waals surface area contributed by atoms with Crippen LogP contribution in [0.2, 0.25) is 0 Å². The van der Waals surface area contributed by atoms with Crippen molar-refractivity contribution in [2.24, 2.45) is 7.05 Å². The summed E-state index contributed by atoms with van der Waals surface area (Å²) in [7, 11) is 2.02. The van der Waals surface area contributed by atoms with Gasteiger partial charge in [-0.3, -0.25) is 4.68 Å². The molecule has 9 heteroatoms. The molecule has 0 amide bonds. The maximum atomic E-state index is 14.1. The molecule has 0 N–H and O–H groups in total. The minimum Gasteiger partial charge on any atom is -0.351 e. The van der Waals surface area contributed by atoms with Crippen LogP contribution in [0.15, 0.2) is 73.2 Å². The Morgan fingerprint density at radius 3 is 2.62 bits per heavy atom. The SMILES string of the molecule is Cn1ccc2cc(-c3ccc(Cn4cc5nc(-c6cccc(F)c6F)nc-5cn4)nn3)ccc21. The van der Waals surface area contributed by atoms with Crippen LogP contribution in [0, 0.1) is 11.6 Å². The Hall–Kier alpha value is -4.53. The maximum absolute atomic E-state index is 14.1. The lowest BCUT2D eigenvalue weighted by atomic mass is 10.1. The Balaban J connectivity index is 1.25. The van der Waals surface area contributed by atoms with Crippen LogP contribution in [-0.2, 0) is 13.6 Å². The van der Waals surface area contributed by atoms with Gasteiger partial charge in [-0.2, -0.15) is 15.3 Å². The lowest BCUT2D eigenvalue weighted by Crippen LogP contribution is -2.07. The van der Waals surface area contributed by atoms with E-state index >= 15 is 0 Å². The van der Waals surface area contributed by atoms with E-state index in [1.165, 1.54) is 12.1 Å². The number of fused-ring (bicyclic) bond motifs is 2. The van der Waals surface area contributed by atoms with Crippen molar-refractivity contribution < 1.29 is 8.78 Å². The molecular weight excluding hydrogens is 436 g/mol. The summed E-state index contributed by atoms with van der Waals surface area (Å²) in [6.45, 7) is 0.372. The molecule has 0 fully saturated rings. The zero-order valence-corrected chi connectivity index (χ0v) is 18.0. The first kappa shape index (κ1) is 20.1. The van der Waals surface area contributed by atoms with Crippen molar-refractivity contribution in [3.63, 3.8) is 0 Å². The lowest BCUT2D eigenvalue weighted by molar-refractivity contribution is 0.510. The molecular formula is C25H17F2N7. The quantitative estimate of drug-likeness (QED) is 0.386. The maximum Gasteiger partial charge on any atom is 0.169 e. The van der Waals surface area contributed by atoms with Crippen LogP contribution in [0.3, 0.4) is 0 Å². The molecule has 0 spiro atoms. The Morgan fingerprint density at radius 1 is 0.882 bits per heavy atom. The number of halogens is 2. The zero-order chi connectivity index (χ0) is 23.2. The van der Waals surface area contributed by atoms with Gasteiger partial charge in [-0.25, -0.2) is 18.7 Å². The number of aryl methyl sites for hydroxylation is 1. The number of hydrogen-bond acceptors (Lipinski definition) is 5. The van der Waals surface area contributed by atoms with E-state index in [2.05, 4.69) is 48.0 Å². The predicted molar refractivity (Wildman–Crippen MR) is 123 cm³/mol. The highest BCUT2D eigenvalue weighted by molar-refractivity contribution is 5.85. The molecule has 4 aromatic rings. The van der Waals surface area contributed by atoms with E-state index in [9.17, 15) is 8.78 Å². The topological polar surface area (TPSA) is 74.3 Å². The highest BCUT2D eigenvalue weighted by Crippen LogP contribution is 2.27. The van der Waals surface area contributed by atoms with Gasteiger partial charge in [0.1, 0.15) is 11.4 Å². The largest absolute Gasteiger partial charge is 0.351 e. The number of benzene rings is 2. The fourth-order valence-electron chi connectivity index (χ4n) is 3.95. The molecule has 2 aliphatic rings. The van der Waals surface area contributed by atoms with Crippen molar-refractivity contribution in [1.82, 2.24) is 34.5 Å².